The van der Waals surface area contributed by atoms with E-state index in [0.717, 1.165) is 25.9 Å². The van der Waals surface area contributed by atoms with Gasteiger partial charge in [-0.3, -0.25) is 9.69 Å². The zero-order valence-corrected chi connectivity index (χ0v) is 15.1. The van der Waals surface area contributed by atoms with Crippen molar-refractivity contribution in [2.75, 3.05) is 27.3 Å². The number of methoxy groups -OCH3 is 2. The van der Waals surface area contributed by atoms with Crippen LogP contribution in [0.5, 0.6) is 5.75 Å². The van der Waals surface area contributed by atoms with E-state index in [1.807, 2.05) is 0 Å². The summed E-state index contributed by atoms with van der Waals surface area (Å²) in [5.74, 6) is 1.21. The van der Waals surface area contributed by atoms with Gasteiger partial charge in [0.1, 0.15) is 17.4 Å². The van der Waals surface area contributed by atoms with Gasteiger partial charge in [0.25, 0.3) is 5.56 Å². The highest BCUT2D eigenvalue weighted by Crippen LogP contribution is 2.26. The van der Waals surface area contributed by atoms with Gasteiger partial charge in [0, 0.05) is 37.7 Å². The number of piperidine rings is 1. The van der Waals surface area contributed by atoms with E-state index in [1.165, 1.54) is 12.1 Å². The molecular formula is C19H24FN3O3. The molecule has 6 nitrogen and oxygen atoms in total. The minimum Gasteiger partial charge on any atom is -0.497 e. The van der Waals surface area contributed by atoms with Crippen molar-refractivity contribution >= 4 is 0 Å². The Bertz CT molecular complexity index is 809. The quantitative estimate of drug-likeness (QED) is 0.856. The van der Waals surface area contributed by atoms with E-state index in [9.17, 15) is 9.18 Å². The summed E-state index contributed by atoms with van der Waals surface area (Å²) in [6, 6.07) is 6.24. The second kappa shape index (κ2) is 8.42. The van der Waals surface area contributed by atoms with Crippen molar-refractivity contribution in [1.82, 2.24) is 14.9 Å². The largest absolute Gasteiger partial charge is 0.497 e. The van der Waals surface area contributed by atoms with E-state index >= 15 is 0 Å². The molecule has 2 heterocycles. The number of benzene rings is 1. The number of nitrogens with zero attached hydrogens (tertiary/aromatic N) is 2. The minimum atomic E-state index is -0.235. The second-order valence-electron chi connectivity index (χ2n) is 6.59. The molecule has 7 heteroatoms. The predicted octanol–water partition coefficient (Wildman–Crippen LogP) is 2.44. The monoisotopic (exact) mass is 361 g/mol. The summed E-state index contributed by atoms with van der Waals surface area (Å²) in [7, 11) is 3.15. The lowest BCUT2D eigenvalue weighted by Crippen LogP contribution is -2.35. The van der Waals surface area contributed by atoms with Crippen molar-refractivity contribution in [2.45, 2.75) is 31.9 Å². The molecular weight excluding hydrogens is 337 g/mol. The molecule has 1 atom stereocenters. The number of hydrogen-bond donors (Lipinski definition) is 1. The van der Waals surface area contributed by atoms with Crippen molar-refractivity contribution in [3.63, 3.8) is 0 Å². The first-order chi connectivity index (χ1) is 12.6. The molecule has 26 heavy (non-hydrogen) atoms. The summed E-state index contributed by atoms with van der Waals surface area (Å²) in [6.07, 6.45) is 1.91. The molecule has 1 N–H and O–H groups in total. The molecule has 1 aliphatic heterocycles. The Morgan fingerprint density at radius 1 is 1.35 bits per heavy atom. The molecule has 1 aromatic carbocycles. The fraction of sp³-hybridized carbons (Fsp3) is 0.474. The van der Waals surface area contributed by atoms with Gasteiger partial charge in [-0.25, -0.2) is 9.37 Å². The Morgan fingerprint density at radius 2 is 2.19 bits per heavy atom. The molecule has 1 saturated heterocycles. The van der Waals surface area contributed by atoms with Crippen molar-refractivity contribution in [3.05, 3.63) is 57.5 Å². The summed E-state index contributed by atoms with van der Waals surface area (Å²) in [4.78, 5) is 21.5. The lowest BCUT2D eigenvalue weighted by molar-refractivity contribution is 0.178. The number of aromatic nitrogens is 2. The third kappa shape index (κ3) is 4.47. The summed E-state index contributed by atoms with van der Waals surface area (Å²) in [5, 5.41) is 0. The van der Waals surface area contributed by atoms with E-state index < -0.39 is 0 Å². The molecule has 0 saturated carbocycles. The van der Waals surface area contributed by atoms with Crippen molar-refractivity contribution in [1.29, 1.82) is 0 Å². The Morgan fingerprint density at radius 3 is 2.96 bits per heavy atom. The fourth-order valence-electron chi connectivity index (χ4n) is 3.41. The zero-order valence-electron chi connectivity index (χ0n) is 15.1. The average Bonchev–Trinajstić information content (AvgIpc) is 2.63. The lowest BCUT2D eigenvalue weighted by Gasteiger charge is -2.32. The van der Waals surface area contributed by atoms with Crippen LogP contribution in [0, 0.1) is 5.82 Å². The Kier molecular flexibility index (Phi) is 6.00. The van der Waals surface area contributed by atoms with Gasteiger partial charge in [-0.2, -0.15) is 0 Å². The number of rotatable bonds is 6. The molecule has 3 rings (SSSR count). The Hall–Kier alpha value is -2.25. The van der Waals surface area contributed by atoms with Crippen molar-refractivity contribution < 1.29 is 13.9 Å². The van der Waals surface area contributed by atoms with Crippen LogP contribution in [0.2, 0.25) is 0 Å². The predicted molar refractivity (Wildman–Crippen MR) is 95.8 cm³/mol. The maximum absolute atomic E-state index is 14.1. The van der Waals surface area contributed by atoms with Crippen LogP contribution in [0.1, 0.15) is 35.8 Å². The van der Waals surface area contributed by atoms with E-state index in [-0.39, 0.29) is 17.3 Å². The van der Waals surface area contributed by atoms with E-state index in [1.54, 1.807) is 26.4 Å². The van der Waals surface area contributed by atoms with Gasteiger partial charge in [0.15, 0.2) is 0 Å². The molecule has 1 fully saturated rings. The highest BCUT2D eigenvalue weighted by atomic mass is 19.1. The first-order valence-corrected chi connectivity index (χ1v) is 8.73. The number of hydrogen-bond acceptors (Lipinski definition) is 5. The molecule has 140 valence electrons. The summed E-state index contributed by atoms with van der Waals surface area (Å²) < 4.78 is 24.4. The normalized spacial score (nSPS) is 18.0. The van der Waals surface area contributed by atoms with Crippen LogP contribution in [0.15, 0.2) is 29.1 Å². The van der Waals surface area contributed by atoms with Crippen LogP contribution in [-0.4, -0.2) is 42.2 Å². The molecule has 2 aromatic rings. The molecule has 0 amide bonds. The maximum atomic E-state index is 14.1. The second-order valence-corrected chi connectivity index (χ2v) is 6.59. The standard InChI is InChI=1S/C19H24FN3O3/c1-25-12-15-9-18(24)22-19(21-15)13-4-3-7-23(10-13)11-14-8-16(26-2)5-6-17(14)20/h5-6,8-9,13H,3-4,7,10-12H2,1-2H3,(H,21,22,24). The molecule has 1 aliphatic rings. The topological polar surface area (TPSA) is 67.5 Å². The maximum Gasteiger partial charge on any atom is 0.251 e. The van der Waals surface area contributed by atoms with Gasteiger partial charge in [-0.1, -0.05) is 0 Å². The van der Waals surface area contributed by atoms with Gasteiger partial charge in [-0.15, -0.1) is 0 Å². The fourth-order valence-corrected chi connectivity index (χ4v) is 3.41. The van der Waals surface area contributed by atoms with E-state index in [2.05, 4.69) is 14.9 Å². The summed E-state index contributed by atoms with van der Waals surface area (Å²) >= 11 is 0. The average molecular weight is 361 g/mol. The Labute approximate surface area is 152 Å². The number of nitrogens with one attached hydrogen (secondary N) is 1. The van der Waals surface area contributed by atoms with Crippen molar-refractivity contribution in [2.24, 2.45) is 0 Å². The number of aromatic amines is 1. The SMILES string of the molecule is COCc1cc(=O)[nH]c(C2CCCN(Cc3cc(OC)ccc3F)C2)n1. The number of halogens is 1. The molecule has 1 unspecified atom stereocenters. The molecule has 0 radical (unpaired) electrons. The highest BCUT2D eigenvalue weighted by Gasteiger charge is 2.24. The van der Waals surface area contributed by atoms with Crippen molar-refractivity contribution in [3.8, 4) is 5.75 Å². The molecule has 0 spiro atoms. The first-order valence-electron chi connectivity index (χ1n) is 8.73. The molecule has 0 aliphatic carbocycles. The van der Waals surface area contributed by atoms with Crippen LogP contribution in [0.25, 0.3) is 0 Å². The van der Waals surface area contributed by atoms with E-state index in [4.69, 9.17) is 9.47 Å². The van der Waals surface area contributed by atoms with Crippen LogP contribution >= 0.6 is 0 Å². The highest BCUT2D eigenvalue weighted by molar-refractivity contribution is 5.29. The smallest absolute Gasteiger partial charge is 0.251 e. The number of likely N-dealkylation sites (tertiary alicyclic amines) is 1. The van der Waals surface area contributed by atoms with Gasteiger partial charge < -0.3 is 14.5 Å². The minimum absolute atomic E-state index is 0.113. The van der Waals surface area contributed by atoms with Gasteiger partial charge in [0.05, 0.1) is 19.4 Å². The van der Waals surface area contributed by atoms with Crippen LogP contribution in [0.3, 0.4) is 0 Å². The van der Waals surface area contributed by atoms with Gasteiger partial charge in [0.2, 0.25) is 0 Å². The van der Waals surface area contributed by atoms with Crippen LogP contribution in [-0.2, 0) is 17.9 Å². The zero-order chi connectivity index (χ0) is 18.5. The third-order valence-corrected chi connectivity index (χ3v) is 4.64. The number of ether oxygens (including phenoxy) is 2. The van der Waals surface area contributed by atoms with Gasteiger partial charge >= 0.3 is 0 Å². The lowest BCUT2D eigenvalue weighted by atomic mass is 9.96. The first kappa shape index (κ1) is 18.5. The van der Waals surface area contributed by atoms with Gasteiger partial charge in [-0.05, 0) is 37.6 Å². The third-order valence-electron chi connectivity index (χ3n) is 4.64. The Balaban J connectivity index is 1.75. The molecule has 1 aromatic heterocycles. The van der Waals surface area contributed by atoms with Crippen LogP contribution in [0.4, 0.5) is 4.39 Å². The number of H-pyrrole nitrogens is 1. The molecule has 0 bridgehead atoms. The van der Waals surface area contributed by atoms with Crippen LogP contribution < -0.4 is 10.3 Å². The summed E-state index contributed by atoms with van der Waals surface area (Å²) in [5.41, 5.74) is 1.07. The van der Waals surface area contributed by atoms with E-state index in [0.29, 0.717) is 36.0 Å². The summed E-state index contributed by atoms with van der Waals surface area (Å²) in [6.45, 7) is 2.41.